The molecule has 2 aliphatic rings. The summed E-state index contributed by atoms with van der Waals surface area (Å²) in [6, 6.07) is 8.61. The number of nitrogens with one attached hydrogen (secondary N) is 2. The third kappa shape index (κ3) is 3.78. The second-order valence-electron chi connectivity index (χ2n) is 6.72. The lowest BCUT2D eigenvalue weighted by Gasteiger charge is -2.30. The van der Waals surface area contributed by atoms with Crippen molar-refractivity contribution in [2.45, 2.75) is 11.3 Å². The quantitative estimate of drug-likeness (QED) is 0.703. The highest BCUT2D eigenvalue weighted by atomic mass is 79.9. The molecule has 0 bridgehead atoms. The number of piperazine rings is 1. The molecular formula is C19H22BrN3O4S. The molecule has 1 fully saturated rings. The van der Waals surface area contributed by atoms with E-state index in [-0.39, 0.29) is 4.90 Å². The van der Waals surface area contributed by atoms with Gasteiger partial charge >= 0.3 is 0 Å². The van der Waals surface area contributed by atoms with Crippen LogP contribution in [-0.2, 0) is 16.4 Å². The summed E-state index contributed by atoms with van der Waals surface area (Å²) in [4.78, 5) is 2.32. The number of hydrogen-bond acceptors (Lipinski definition) is 6. The second kappa shape index (κ2) is 7.81. The van der Waals surface area contributed by atoms with Crippen LogP contribution in [0.5, 0.6) is 11.5 Å². The summed E-state index contributed by atoms with van der Waals surface area (Å²) in [5, 5.41) is 3.30. The number of anilines is 2. The average molecular weight is 468 g/mol. The molecule has 2 aromatic carbocycles. The van der Waals surface area contributed by atoms with Crippen molar-refractivity contribution in [3.63, 3.8) is 0 Å². The smallest absolute Gasteiger partial charge is 0.262 e. The Morgan fingerprint density at radius 1 is 1.21 bits per heavy atom. The van der Waals surface area contributed by atoms with Crippen LogP contribution in [0.2, 0.25) is 0 Å². The van der Waals surface area contributed by atoms with Gasteiger partial charge in [0.1, 0.15) is 11.5 Å². The van der Waals surface area contributed by atoms with Gasteiger partial charge in [-0.1, -0.05) is 15.9 Å². The van der Waals surface area contributed by atoms with E-state index in [0.29, 0.717) is 23.8 Å². The Kier molecular flexibility index (Phi) is 5.39. The Labute approximate surface area is 173 Å². The Morgan fingerprint density at radius 3 is 2.75 bits per heavy atom. The van der Waals surface area contributed by atoms with E-state index in [1.54, 1.807) is 31.4 Å². The van der Waals surface area contributed by atoms with Crippen molar-refractivity contribution in [3.8, 4) is 11.5 Å². The SMILES string of the molecule is COc1ccc(S(=O)(=O)Nc2cc(Br)cc3c2OCC3)cc1N1CCNCC1. The largest absolute Gasteiger partial charge is 0.495 e. The molecular weight excluding hydrogens is 446 g/mol. The van der Waals surface area contributed by atoms with Crippen LogP contribution < -0.4 is 24.4 Å². The number of rotatable bonds is 5. The van der Waals surface area contributed by atoms with E-state index in [1.807, 2.05) is 6.07 Å². The molecule has 150 valence electrons. The number of fused-ring (bicyclic) bond motifs is 1. The van der Waals surface area contributed by atoms with Gasteiger partial charge in [0.05, 0.1) is 30.0 Å². The van der Waals surface area contributed by atoms with Gasteiger partial charge in [-0.25, -0.2) is 8.42 Å². The molecule has 0 amide bonds. The average Bonchev–Trinajstić information content (AvgIpc) is 3.16. The van der Waals surface area contributed by atoms with Crippen LogP contribution in [-0.4, -0.2) is 48.3 Å². The highest BCUT2D eigenvalue weighted by Crippen LogP contribution is 2.38. The van der Waals surface area contributed by atoms with Crippen LogP contribution in [0.25, 0.3) is 0 Å². The summed E-state index contributed by atoms with van der Waals surface area (Å²) in [6.07, 6.45) is 0.763. The molecule has 1 saturated heterocycles. The van der Waals surface area contributed by atoms with E-state index in [1.165, 1.54) is 0 Å². The van der Waals surface area contributed by atoms with Crippen LogP contribution in [0.3, 0.4) is 0 Å². The maximum atomic E-state index is 13.1. The fourth-order valence-corrected chi connectivity index (χ4v) is 5.12. The minimum absolute atomic E-state index is 0.188. The van der Waals surface area contributed by atoms with Crippen LogP contribution in [0.15, 0.2) is 39.7 Å². The van der Waals surface area contributed by atoms with Gasteiger partial charge in [0.25, 0.3) is 10.0 Å². The maximum absolute atomic E-state index is 13.1. The van der Waals surface area contributed by atoms with Crippen molar-refractivity contribution in [2.24, 2.45) is 0 Å². The first kappa shape index (κ1) is 19.4. The van der Waals surface area contributed by atoms with E-state index in [4.69, 9.17) is 9.47 Å². The van der Waals surface area contributed by atoms with Gasteiger partial charge < -0.3 is 19.7 Å². The standard InChI is InChI=1S/C19H22BrN3O4S/c1-26-18-3-2-15(12-17(18)23-7-5-21-6-8-23)28(24,25)22-16-11-14(20)10-13-4-9-27-19(13)16/h2-3,10-12,21-22H,4-9H2,1H3. The van der Waals surface area contributed by atoms with Gasteiger partial charge in [-0.2, -0.15) is 0 Å². The molecule has 2 aromatic rings. The third-order valence-corrected chi connectivity index (χ3v) is 6.73. The van der Waals surface area contributed by atoms with Gasteiger partial charge in [0.2, 0.25) is 0 Å². The monoisotopic (exact) mass is 467 g/mol. The molecule has 0 radical (unpaired) electrons. The Morgan fingerprint density at radius 2 is 2.00 bits per heavy atom. The summed E-state index contributed by atoms with van der Waals surface area (Å²) in [5.41, 5.74) is 2.22. The first-order valence-corrected chi connectivity index (χ1v) is 11.4. The highest BCUT2D eigenvalue weighted by Gasteiger charge is 2.24. The molecule has 0 aromatic heterocycles. The molecule has 0 atom stereocenters. The molecule has 7 nitrogen and oxygen atoms in total. The fraction of sp³-hybridized carbons (Fsp3) is 0.368. The van der Waals surface area contributed by atoms with Crippen LogP contribution in [0, 0.1) is 0 Å². The number of ether oxygens (including phenoxy) is 2. The number of benzene rings is 2. The number of halogens is 1. The summed E-state index contributed by atoms with van der Waals surface area (Å²) in [5.74, 6) is 1.26. The van der Waals surface area contributed by atoms with Crippen molar-refractivity contribution >= 4 is 37.3 Å². The van der Waals surface area contributed by atoms with Crippen LogP contribution in [0.4, 0.5) is 11.4 Å². The van der Waals surface area contributed by atoms with E-state index in [9.17, 15) is 8.42 Å². The van der Waals surface area contributed by atoms with Crippen molar-refractivity contribution in [1.82, 2.24) is 5.32 Å². The van der Waals surface area contributed by atoms with E-state index in [0.717, 1.165) is 48.3 Å². The molecule has 0 unspecified atom stereocenters. The third-order valence-electron chi connectivity index (χ3n) is 4.91. The molecule has 0 aliphatic carbocycles. The Hall–Kier alpha value is -1.97. The minimum Gasteiger partial charge on any atom is -0.495 e. The highest BCUT2D eigenvalue weighted by molar-refractivity contribution is 9.10. The maximum Gasteiger partial charge on any atom is 0.262 e. The van der Waals surface area contributed by atoms with E-state index >= 15 is 0 Å². The number of nitrogens with zero attached hydrogens (tertiary/aromatic N) is 1. The number of sulfonamides is 1. The zero-order valence-electron chi connectivity index (χ0n) is 15.5. The zero-order chi connectivity index (χ0) is 19.7. The summed E-state index contributed by atoms with van der Waals surface area (Å²) < 4.78 is 40.8. The van der Waals surface area contributed by atoms with Crippen molar-refractivity contribution in [1.29, 1.82) is 0 Å². The molecule has 4 rings (SSSR count). The van der Waals surface area contributed by atoms with Gasteiger partial charge in [-0.05, 0) is 30.3 Å². The lowest BCUT2D eigenvalue weighted by atomic mass is 10.1. The van der Waals surface area contributed by atoms with Crippen molar-refractivity contribution in [2.75, 3.05) is 49.5 Å². The predicted octanol–water partition coefficient (Wildman–Crippen LogP) is 2.60. The second-order valence-corrected chi connectivity index (χ2v) is 9.31. The minimum atomic E-state index is -3.79. The van der Waals surface area contributed by atoms with E-state index < -0.39 is 10.0 Å². The van der Waals surface area contributed by atoms with Gasteiger partial charge in [0.15, 0.2) is 0 Å². The molecule has 2 N–H and O–H groups in total. The fourth-order valence-electron chi connectivity index (χ4n) is 3.54. The Balaban J connectivity index is 1.68. The predicted molar refractivity (Wildman–Crippen MR) is 112 cm³/mol. The summed E-state index contributed by atoms with van der Waals surface area (Å²) in [7, 11) is -2.19. The lowest BCUT2D eigenvalue weighted by molar-refractivity contribution is 0.358. The van der Waals surface area contributed by atoms with Gasteiger partial charge in [-0.3, -0.25) is 4.72 Å². The van der Waals surface area contributed by atoms with Crippen LogP contribution >= 0.6 is 15.9 Å². The normalized spacial score (nSPS) is 16.4. The Bertz CT molecular complexity index is 991. The first-order chi connectivity index (χ1) is 13.5. The van der Waals surface area contributed by atoms with E-state index in [2.05, 4.69) is 30.9 Å². The van der Waals surface area contributed by atoms with Gasteiger partial charge in [-0.15, -0.1) is 0 Å². The zero-order valence-corrected chi connectivity index (χ0v) is 17.9. The summed E-state index contributed by atoms with van der Waals surface area (Å²) >= 11 is 3.44. The molecule has 2 heterocycles. The molecule has 28 heavy (non-hydrogen) atoms. The molecule has 9 heteroatoms. The van der Waals surface area contributed by atoms with Gasteiger partial charge in [0, 0.05) is 42.6 Å². The first-order valence-electron chi connectivity index (χ1n) is 9.10. The number of methoxy groups -OCH3 is 1. The summed E-state index contributed by atoms with van der Waals surface area (Å²) in [6.45, 7) is 3.83. The topological polar surface area (TPSA) is 79.9 Å². The molecule has 2 aliphatic heterocycles. The van der Waals surface area contributed by atoms with Crippen LogP contribution in [0.1, 0.15) is 5.56 Å². The van der Waals surface area contributed by atoms with Crippen molar-refractivity contribution < 1.29 is 17.9 Å². The van der Waals surface area contributed by atoms with Crippen molar-refractivity contribution in [3.05, 3.63) is 40.4 Å². The molecule has 0 spiro atoms. The lowest BCUT2D eigenvalue weighted by Crippen LogP contribution is -2.43. The molecule has 0 saturated carbocycles. The number of hydrogen-bond donors (Lipinski definition) is 2.